The van der Waals surface area contributed by atoms with E-state index in [0.29, 0.717) is 0 Å². The third-order valence-corrected chi connectivity index (χ3v) is 0.556. The maximum atomic E-state index is 7.25. The van der Waals surface area contributed by atoms with Gasteiger partial charge in [0.1, 0.15) is 0 Å². The van der Waals surface area contributed by atoms with Crippen LogP contribution in [0.4, 0.5) is 0 Å². The average Bonchev–Trinajstić information content (AvgIpc) is 2.51. The fourth-order valence-corrected chi connectivity index (χ4v) is 0.321. The molecule has 1 aromatic rings. The Morgan fingerprint density at radius 3 is 1.30 bits per heavy atom. The van der Waals surface area contributed by atoms with Crippen molar-refractivity contribution in [3.8, 4) is 0 Å². The Hall–Kier alpha value is -0.778. The molecule has 0 amide bonds. The molecule has 10 heavy (non-hydrogen) atoms. The molecule has 0 bridgehead atoms. The Morgan fingerprint density at radius 1 is 0.900 bits per heavy atom. The zero-order valence-corrected chi connectivity index (χ0v) is 6.28. The molecule has 0 aliphatic carbocycles. The van der Waals surface area contributed by atoms with E-state index in [0.717, 1.165) is 0 Å². The molecule has 48 valence electrons. The Labute approximate surface area is 68.7 Å². The molecule has 0 fully saturated rings. The number of hydrogen-bond acceptors (Lipinski definition) is 2. The van der Waals surface area contributed by atoms with Gasteiger partial charge in [-0.25, -0.2) is 12.1 Å². The van der Waals surface area contributed by atoms with Crippen LogP contribution in [-0.4, -0.2) is 0 Å². The maximum Gasteiger partial charge on any atom is 4.00 e. The largest absolute Gasteiger partial charge is 4.00 e. The third kappa shape index (κ3) is 15.7. The molecule has 0 N–H and O–H groups in total. The minimum absolute atomic E-state index is 0. The normalized spacial score (nSPS) is 4.40. The van der Waals surface area contributed by atoms with Crippen LogP contribution in [-0.2, 0) is 26.9 Å². The molecular formula is C5H5CrN2O2+5. The molecule has 0 heterocycles. The molecule has 0 aliphatic rings. The van der Waals surface area contributed by atoms with E-state index in [4.69, 9.17) is 20.5 Å². The van der Waals surface area contributed by atoms with Crippen molar-refractivity contribution < 1.29 is 26.9 Å². The van der Waals surface area contributed by atoms with Crippen molar-refractivity contribution in [2.45, 2.75) is 0 Å². The van der Waals surface area contributed by atoms with Crippen molar-refractivity contribution in [3.05, 3.63) is 30.3 Å². The number of nitrogens with zero attached hydrogens (tertiary/aromatic N) is 2. The Kier molecular flexibility index (Phi) is 38.7. The molecule has 0 saturated heterocycles. The fraction of sp³-hybridized carbons (Fsp3) is 0. The summed E-state index contributed by atoms with van der Waals surface area (Å²) in [6.45, 7) is 0. The van der Waals surface area contributed by atoms with Crippen molar-refractivity contribution in [1.82, 2.24) is 0 Å². The summed E-state index contributed by atoms with van der Waals surface area (Å²) in [5, 5.41) is 0. The monoisotopic (exact) mass is 177 g/mol. The first kappa shape index (κ1) is 16.1. The summed E-state index contributed by atoms with van der Waals surface area (Å²) in [5.41, 5.74) is 11.5. The third-order valence-electron chi connectivity index (χ3n) is 0.556. The SMILES string of the molecule is N#[O+].N#[O+].[Cr+4].c1cc[cH-]c1. The minimum atomic E-state index is 0. The van der Waals surface area contributed by atoms with Gasteiger partial charge in [0.2, 0.25) is 0 Å². The van der Waals surface area contributed by atoms with Crippen LogP contribution in [0.1, 0.15) is 0 Å². The van der Waals surface area contributed by atoms with Crippen LogP contribution in [0, 0.1) is 10.9 Å². The summed E-state index contributed by atoms with van der Waals surface area (Å²) >= 11 is 0. The van der Waals surface area contributed by atoms with Gasteiger partial charge in [-0.15, -0.1) is 0 Å². The predicted molar refractivity (Wildman–Crippen MR) is 26.9 cm³/mol. The van der Waals surface area contributed by atoms with Crippen molar-refractivity contribution >= 4 is 0 Å². The smallest absolute Gasteiger partial charge is 0.214 e. The van der Waals surface area contributed by atoms with Gasteiger partial charge in [-0.1, -0.05) is 0 Å². The second kappa shape index (κ2) is 24.1. The fourth-order valence-electron chi connectivity index (χ4n) is 0.321. The standard InChI is InChI=1S/C5H5.Cr.2NO/c1-2-4-5-3-1;;2*1-2/h1-5H;;;/q-1;+4;2*+1. The topological polar surface area (TPSA) is 87.4 Å². The van der Waals surface area contributed by atoms with Gasteiger partial charge in [-0.3, -0.25) is 0 Å². The van der Waals surface area contributed by atoms with E-state index in [1.54, 1.807) is 0 Å². The Balaban J connectivity index is -0.0000000875. The number of hydrogen-bond donors (Lipinski definition) is 0. The summed E-state index contributed by atoms with van der Waals surface area (Å²) in [6.07, 6.45) is 0. The van der Waals surface area contributed by atoms with E-state index in [9.17, 15) is 0 Å². The first-order valence-corrected chi connectivity index (χ1v) is 2.03. The molecule has 0 spiro atoms. The molecule has 0 atom stereocenters. The summed E-state index contributed by atoms with van der Waals surface area (Å²) in [6, 6.07) is 10.0. The molecular weight excluding hydrogens is 172 g/mol. The van der Waals surface area contributed by atoms with Crippen LogP contribution in [0.2, 0.25) is 0 Å². The second-order valence-electron chi connectivity index (χ2n) is 0.962. The predicted octanol–water partition coefficient (Wildman–Crippen LogP) is 1.20. The molecule has 0 unspecified atom stereocenters. The zero-order valence-electron chi connectivity index (χ0n) is 5.01. The first-order valence-electron chi connectivity index (χ1n) is 2.03. The molecule has 5 heteroatoms. The summed E-state index contributed by atoms with van der Waals surface area (Å²) < 4.78 is 14.5. The summed E-state index contributed by atoms with van der Waals surface area (Å²) in [7, 11) is 0. The van der Waals surface area contributed by atoms with E-state index in [1.807, 2.05) is 30.3 Å². The van der Waals surface area contributed by atoms with Crippen molar-refractivity contribution in [3.63, 3.8) is 0 Å². The molecule has 0 radical (unpaired) electrons. The van der Waals surface area contributed by atoms with Crippen molar-refractivity contribution in [2.24, 2.45) is 0 Å². The summed E-state index contributed by atoms with van der Waals surface area (Å²) in [5.74, 6) is 0. The van der Waals surface area contributed by atoms with Gasteiger partial charge in [0.05, 0.1) is 0 Å². The van der Waals surface area contributed by atoms with Gasteiger partial charge in [-0.2, -0.15) is 18.2 Å². The van der Waals surface area contributed by atoms with Gasteiger partial charge < -0.3 is 0 Å². The number of rotatable bonds is 0. The first-order chi connectivity index (χ1) is 4.50. The molecule has 0 aliphatic heterocycles. The van der Waals surface area contributed by atoms with Gasteiger partial charge in [0.25, 0.3) is 0 Å². The molecule has 0 saturated carbocycles. The van der Waals surface area contributed by atoms with Crippen molar-refractivity contribution in [2.75, 3.05) is 0 Å². The van der Waals surface area contributed by atoms with Crippen LogP contribution in [0.5, 0.6) is 0 Å². The average molecular weight is 177 g/mol. The second-order valence-corrected chi connectivity index (χ2v) is 0.962. The van der Waals surface area contributed by atoms with Crippen molar-refractivity contribution in [1.29, 1.82) is 10.9 Å². The van der Waals surface area contributed by atoms with Crippen LogP contribution >= 0.6 is 0 Å². The van der Waals surface area contributed by atoms with Gasteiger partial charge in [-0.05, 0) is 0 Å². The molecule has 1 rings (SSSR count). The van der Waals surface area contributed by atoms with E-state index in [2.05, 4.69) is 0 Å². The van der Waals surface area contributed by atoms with Crippen LogP contribution in [0.3, 0.4) is 0 Å². The Morgan fingerprint density at radius 2 is 1.20 bits per heavy atom. The van der Waals surface area contributed by atoms with E-state index in [-0.39, 0.29) is 17.4 Å². The molecule has 1 aromatic carbocycles. The quantitative estimate of drug-likeness (QED) is 0.440. The van der Waals surface area contributed by atoms with Crippen LogP contribution in [0.25, 0.3) is 0 Å². The van der Waals surface area contributed by atoms with Gasteiger partial charge in [0.15, 0.2) is 0 Å². The van der Waals surface area contributed by atoms with Gasteiger partial charge in [0, 0.05) is 0 Å². The Bertz CT molecular complexity index is 124. The molecule has 4 nitrogen and oxygen atoms in total. The van der Waals surface area contributed by atoms with Crippen LogP contribution < -0.4 is 0 Å². The van der Waals surface area contributed by atoms with E-state index in [1.165, 1.54) is 0 Å². The summed E-state index contributed by atoms with van der Waals surface area (Å²) in [4.78, 5) is 0. The van der Waals surface area contributed by atoms with E-state index < -0.39 is 0 Å². The van der Waals surface area contributed by atoms with Gasteiger partial charge >= 0.3 is 37.8 Å². The zero-order chi connectivity index (χ0) is 7.54. The minimum Gasteiger partial charge on any atom is -0.214 e. The van der Waals surface area contributed by atoms with E-state index >= 15 is 0 Å². The molecule has 0 aromatic heterocycles. The van der Waals surface area contributed by atoms with Crippen LogP contribution in [0.15, 0.2) is 30.3 Å². The maximum absolute atomic E-state index is 7.25.